The number of carbonyl (C=O) groups is 1. The zero-order valence-corrected chi connectivity index (χ0v) is 12.4. The molecule has 0 radical (unpaired) electrons. The summed E-state index contributed by atoms with van der Waals surface area (Å²) >= 11 is 0. The molecule has 1 aromatic carbocycles. The summed E-state index contributed by atoms with van der Waals surface area (Å²) in [6.07, 6.45) is 2.36. The van der Waals surface area contributed by atoms with Crippen molar-refractivity contribution in [1.29, 1.82) is 0 Å². The number of esters is 1. The lowest BCUT2D eigenvalue weighted by Gasteiger charge is -2.29. The van der Waals surface area contributed by atoms with Crippen LogP contribution < -0.4 is 5.73 Å². The number of nitrogens with two attached hydrogens (primary N) is 1. The van der Waals surface area contributed by atoms with Crippen molar-refractivity contribution in [3.8, 4) is 0 Å². The van der Waals surface area contributed by atoms with Crippen LogP contribution in [0.2, 0.25) is 0 Å². The average molecular weight is 293 g/mol. The number of rotatable bonds is 6. The van der Waals surface area contributed by atoms with Crippen molar-refractivity contribution >= 4 is 5.97 Å². The van der Waals surface area contributed by atoms with Gasteiger partial charge in [0.2, 0.25) is 0 Å². The summed E-state index contributed by atoms with van der Waals surface area (Å²) in [5, 5.41) is 0. The molecule has 1 fully saturated rings. The average Bonchev–Trinajstić information content (AvgIpc) is 2.55. The Balaban J connectivity index is 1.98. The van der Waals surface area contributed by atoms with Gasteiger partial charge >= 0.3 is 5.97 Å². The van der Waals surface area contributed by atoms with Crippen LogP contribution in [0, 0.1) is 0 Å². The summed E-state index contributed by atoms with van der Waals surface area (Å²) in [5.74, 6) is -0.440. The number of ether oxygens (including phenoxy) is 3. The fourth-order valence-electron chi connectivity index (χ4n) is 2.51. The van der Waals surface area contributed by atoms with Crippen LogP contribution in [0.1, 0.15) is 24.8 Å². The van der Waals surface area contributed by atoms with Gasteiger partial charge in [-0.15, -0.1) is 0 Å². The molecule has 1 heterocycles. The molecule has 1 aliphatic heterocycles. The molecule has 0 aliphatic carbocycles. The Hall–Kier alpha value is -1.43. The van der Waals surface area contributed by atoms with Gasteiger partial charge in [-0.3, -0.25) is 0 Å². The lowest BCUT2D eigenvalue weighted by atomic mass is 9.88. The zero-order valence-electron chi connectivity index (χ0n) is 12.4. The summed E-state index contributed by atoms with van der Waals surface area (Å²) < 4.78 is 16.0. The third-order valence-electron chi connectivity index (χ3n) is 3.86. The molecule has 1 unspecified atom stereocenters. The highest BCUT2D eigenvalue weighted by molar-refractivity contribution is 5.82. The minimum absolute atomic E-state index is 0.191. The summed E-state index contributed by atoms with van der Waals surface area (Å²) in [6.45, 7) is 1.88. The maximum atomic E-state index is 12.1. The lowest BCUT2D eigenvalue weighted by Crippen LogP contribution is -2.47. The Kier molecular flexibility index (Phi) is 5.73. The standard InChI is InChI=1S/C16H23NO4/c1-19-15(18)16(17,13-5-3-2-4-6-13)9-12-21-14-7-10-20-11-8-14/h2-6,14H,7-12,17H2,1H3. The van der Waals surface area contributed by atoms with Gasteiger partial charge in [-0.2, -0.15) is 0 Å². The van der Waals surface area contributed by atoms with Gasteiger partial charge in [-0.1, -0.05) is 30.3 Å². The fourth-order valence-corrected chi connectivity index (χ4v) is 2.51. The van der Waals surface area contributed by atoms with Crippen LogP contribution >= 0.6 is 0 Å². The molecule has 0 saturated carbocycles. The molecular weight excluding hydrogens is 270 g/mol. The lowest BCUT2D eigenvalue weighted by molar-refractivity contribution is -0.148. The quantitative estimate of drug-likeness (QED) is 0.807. The van der Waals surface area contributed by atoms with E-state index in [0.717, 1.165) is 31.6 Å². The number of hydrogen-bond acceptors (Lipinski definition) is 5. The van der Waals surface area contributed by atoms with Crippen molar-refractivity contribution in [2.75, 3.05) is 26.9 Å². The van der Waals surface area contributed by atoms with E-state index in [0.29, 0.717) is 13.0 Å². The molecule has 0 spiro atoms. The van der Waals surface area contributed by atoms with Gasteiger partial charge in [0.1, 0.15) is 5.54 Å². The molecule has 2 rings (SSSR count). The molecule has 1 atom stereocenters. The van der Waals surface area contributed by atoms with Crippen molar-refractivity contribution in [2.45, 2.75) is 30.9 Å². The van der Waals surface area contributed by atoms with Gasteiger partial charge < -0.3 is 19.9 Å². The number of hydrogen-bond donors (Lipinski definition) is 1. The van der Waals surface area contributed by atoms with Gasteiger partial charge in [0, 0.05) is 26.2 Å². The Morgan fingerprint density at radius 2 is 2.00 bits per heavy atom. The minimum Gasteiger partial charge on any atom is -0.467 e. The largest absolute Gasteiger partial charge is 0.467 e. The first-order valence-electron chi connectivity index (χ1n) is 7.29. The molecule has 1 saturated heterocycles. The Labute approximate surface area is 125 Å². The van der Waals surface area contributed by atoms with E-state index in [4.69, 9.17) is 19.9 Å². The van der Waals surface area contributed by atoms with Crippen molar-refractivity contribution in [1.82, 2.24) is 0 Å². The molecule has 0 bridgehead atoms. The summed E-state index contributed by atoms with van der Waals surface area (Å²) in [7, 11) is 1.35. The third-order valence-corrected chi connectivity index (χ3v) is 3.86. The molecule has 2 N–H and O–H groups in total. The normalized spacial score (nSPS) is 19.0. The highest BCUT2D eigenvalue weighted by Gasteiger charge is 2.37. The third kappa shape index (κ3) is 4.03. The van der Waals surface area contributed by atoms with Gasteiger partial charge in [-0.05, 0) is 18.4 Å². The van der Waals surface area contributed by atoms with Gasteiger partial charge in [0.25, 0.3) is 0 Å². The van der Waals surface area contributed by atoms with E-state index in [1.807, 2.05) is 30.3 Å². The highest BCUT2D eigenvalue weighted by atomic mass is 16.5. The monoisotopic (exact) mass is 293 g/mol. The summed E-state index contributed by atoms with van der Waals surface area (Å²) in [4.78, 5) is 12.1. The molecular formula is C16H23NO4. The SMILES string of the molecule is COC(=O)C(N)(CCOC1CCOCC1)c1ccccc1. The second kappa shape index (κ2) is 7.54. The van der Waals surface area contributed by atoms with E-state index in [-0.39, 0.29) is 6.10 Å². The van der Waals surface area contributed by atoms with E-state index in [1.54, 1.807) is 0 Å². The fraction of sp³-hybridized carbons (Fsp3) is 0.562. The second-order valence-electron chi connectivity index (χ2n) is 5.26. The number of carbonyl (C=O) groups excluding carboxylic acids is 1. The van der Waals surface area contributed by atoms with Crippen molar-refractivity contribution < 1.29 is 19.0 Å². The molecule has 1 aliphatic rings. The predicted octanol–water partition coefficient (Wildman–Crippen LogP) is 1.60. The van der Waals surface area contributed by atoms with E-state index < -0.39 is 11.5 Å². The van der Waals surface area contributed by atoms with E-state index in [1.165, 1.54) is 7.11 Å². The van der Waals surface area contributed by atoms with Gasteiger partial charge in [0.15, 0.2) is 0 Å². The predicted molar refractivity (Wildman–Crippen MR) is 78.7 cm³/mol. The molecule has 0 amide bonds. The first-order valence-corrected chi connectivity index (χ1v) is 7.29. The molecule has 21 heavy (non-hydrogen) atoms. The van der Waals surface area contributed by atoms with Crippen LogP contribution in [0.15, 0.2) is 30.3 Å². The number of benzene rings is 1. The van der Waals surface area contributed by atoms with Crippen LogP contribution in [0.5, 0.6) is 0 Å². The Morgan fingerprint density at radius 1 is 1.33 bits per heavy atom. The highest BCUT2D eigenvalue weighted by Crippen LogP contribution is 2.24. The van der Waals surface area contributed by atoms with Gasteiger partial charge in [0.05, 0.1) is 13.2 Å². The van der Waals surface area contributed by atoms with Crippen LogP contribution in [0.3, 0.4) is 0 Å². The Morgan fingerprint density at radius 3 is 2.62 bits per heavy atom. The molecule has 116 valence electrons. The van der Waals surface area contributed by atoms with Crippen LogP contribution in [0.25, 0.3) is 0 Å². The molecule has 5 nitrogen and oxygen atoms in total. The van der Waals surface area contributed by atoms with Crippen LogP contribution in [-0.4, -0.2) is 39.0 Å². The smallest absolute Gasteiger partial charge is 0.330 e. The first kappa shape index (κ1) is 15.9. The summed E-state index contributed by atoms with van der Waals surface area (Å²) in [5.41, 5.74) is 5.89. The maximum absolute atomic E-state index is 12.1. The topological polar surface area (TPSA) is 70.8 Å². The minimum atomic E-state index is -1.17. The van der Waals surface area contributed by atoms with E-state index in [9.17, 15) is 4.79 Å². The second-order valence-corrected chi connectivity index (χ2v) is 5.26. The van der Waals surface area contributed by atoms with Crippen molar-refractivity contribution in [2.24, 2.45) is 5.73 Å². The van der Waals surface area contributed by atoms with E-state index in [2.05, 4.69) is 0 Å². The van der Waals surface area contributed by atoms with Crippen LogP contribution in [-0.2, 0) is 24.5 Å². The molecule has 0 aromatic heterocycles. The molecule has 1 aromatic rings. The van der Waals surface area contributed by atoms with Gasteiger partial charge in [-0.25, -0.2) is 4.79 Å². The Bertz CT molecular complexity index is 445. The van der Waals surface area contributed by atoms with E-state index >= 15 is 0 Å². The maximum Gasteiger partial charge on any atom is 0.330 e. The molecule has 5 heteroatoms. The van der Waals surface area contributed by atoms with Crippen LogP contribution in [0.4, 0.5) is 0 Å². The summed E-state index contributed by atoms with van der Waals surface area (Å²) in [6, 6.07) is 9.29. The number of methoxy groups -OCH3 is 1. The van der Waals surface area contributed by atoms with Crippen molar-refractivity contribution in [3.05, 3.63) is 35.9 Å². The zero-order chi connectivity index (χ0) is 15.1. The van der Waals surface area contributed by atoms with Crippen molar-refractivity contribution in [3.63, 3.8) is 0 Å². The first-order chi connectivity index (χ1) is 10.2.